The van der Waals surface area contributed by atoms with E-state index in [9.17, 15) is 0 Å². The molecule has 0 aliphatic carbocycles. The SMILES string of the molecule is CCNC(=NCc1ccc(-n2nc(C)cc2C)nc1)N1CCC(N2CCOCC2)C1. The van der Waals surface area contributed by atoms with Crippen LogP contribution < -0.4 is 5.32 Å². The molecule has 0 spiro atoms. The van der Waals surface area contributed by atoms with Crippen molar-refractivity contribution in [2.75, 3.05) is 45.9 Å². The van der Waals surface area contributed by atoms with Crippen molar-refractivity contribution in [1.29, 1.82) is 0 Å². The molecule has 8 heteroatoms. The van der Waals surface area contributed by atoms with Gasteiger partial charge in [0.1, 0.15) is 0 Å². The molecule has 2 fully saturated rings. The van der Waals surface area contributed by atoms with Gasteiger partial charge in [0.2, 0.25) is 0 Å². The number of hydrogen-bond donors (Lipinski definition) is 1. The minimum atomic E-state index is 0.597. The zero-order chi connectivity index (χ0) is 20.9. The average Bonchev–Trinajstić information content (AvgIpc) is 3.38. The van der Waals surface area contributed by atoms with Gasteiger partial charge in [-0.25, -0.2) is 14.7 Å². The molecule has 0 radical (unpaired) electrons. The Morgan fingerprint density at radius 1 is 1.23 bits per heavy atom. The Morgan fingerprint density at radius 3 is 2.73 bits per heavy atom. The summed E-state index contributed by atoms with van der Waals surface area (Å²) in [7, 11) is 0. The van der Waals surface area contributed by atoms with Crippen molar-refractivity contribution >= 4 is 5.96 Å². The lowest BCUT2D eigenvalue weighted by molar-refractivity contribution is 0.0195. The van der Waals surface area contributed by atoms with E-state index in [1.165, 1.54) is 6.42 Å². The van der Waals surface area contributed by atoms with E-state index >= 15 is 0 Å². The molecule has 2 saturated heterocycles. The lowest BCUT2D eigenvalue weighted by Crippen LogP contribution is -2.46. The third-order valence-electron chi connectivity index (χ3n) is 5.81. The van der Waals surface area contributed by atoms with Crippen LogP contribution in [0.2, 0.25) is 0 Å². The van der Waals surface area contributed by atoms with Gasteiger partial charge in [-0.15, -0.1) is 0 Å². The smallest absolute Gasteiger partial charge is 0.194 e. The van der Waals surface area contributed by atoms with Gasteiger partial charge in [-0.1, -0.05) is 6.07 Å². The molecule has 30 heavy (non-hydrogen) atoms. The third kappa shape index (κ3) is 4.82. The van der Waals surface area contributed by atoms with E-state index in [1.807, 2.05) is 30.8 Å². The van der Waals surface area contributed by atoms with Crippen LogP contribution in [0.1, 0.15) is 30.3 Å². The Kier molecular flexibility index (Phi) is 6.64. The van der Waals surface area contributed by atoms with Crippen molar-refractivity contribution in [2.24, 2.45) is 4.99 Å². The highest BCUT2D eigenvalue weighted by Gasteiger charge is 2.30. The van der Waals surface area contributed by atoms with Crippen LogP contribution in [0, 0.1) is 13.8 Å². The van der Waals surface area contributed by atoms with Crippen molar-refractivity contribution in [3.8, 4) is 5.82 Å². The fourth-order valence-electron chi connectivity index (χ4n) is 4.26. The minimum absolute atomic E-state index is 0.597. The van der Waals surface area contributed by atoms with Gasteiger partial charge >= 0.3 is 0 Å². The van der Waals surface area contributed by atoms with Gasteiger partial charge < -0.3 is 15.0 Å². The highest BCUT2D eigenvalue weighted by Crippen LogP contribution is 2.17. The first-order chi connectivity index (χ1) is 14.6. The summed E-state index contributed by atoms with van der Waals surface area (Å²) < 4.78 is 7.38. The third-order valence-corrected chi connectivity index (χ3v) is 5.81. The number of rotatable bonds is 5. The second-order valence-electron chi connectivity index (χ2n) is 8.07. The predicted octanol–water partition coefficient (Wildman–Crippen LogP) is 1.76. The molecule has 2 aliphatic heterocycles. The first-order valence-electron chi connectivity index (χ1n) is 11.0. The van der Waals surface area contributed by atoms with E-state index in [4.69, 9.17) is 9.73 Å². The summed E-state index contributed by atoms with van der Waals surface area (Å²) in [6.45, 7) is 13.5. The predicted molar refractivity (Wildman–Crippen MR) is 118 cm³/mol. The van der Waals surface area contributed by atoms with Crippen LogP contribution in [0.25, 0.3) is 5.82 Å². The highest BCUT2D eigenvalue weighted by atomic mass is 16.5. The largest absolute Gasteiger partial charge is 0.379 e. The van der Waals surface area contributed by atoms with E-state index in [2.05, 4.69) is 44.3 Å². The van der Waals surface area contributed by atoms with Gasteiger partial charge in [0.05, 0.1) is 25.5 Å². The van der Waals surface area contributed by atoms with Crippen LogP contribution in [-0.4, -0.2) is 82.5 Å². The molecule has 1 atom stereocenters. The molecule has 0 amide bonds. The van der Waals surface area contributed by atoms with E-state index < -0.39 is 0 Å². The molecule has 0 saturated carbocycles. The lowest BCUT2D eigenvalue weighted by atomic mass is 10.2. The van der Waals surface area contributed by atoms with Crippen molar-refractivity contribution in [3.63, 3.8) is 0 Å². The van der Waals surface area contributed by atoms with Crippen LogP contribution >= 0.6 is 0 Å². The summed E-state index contributed by atoms with van der Waals surface area (Å²) in [5.41, 5.74) is 3.18. The van der Waals surface area contributed by atoms with Gasteiger partial charge in [0.15, 0.2) is 11.8 Å². The molecular weight excluding hydrogens is 378 g/mol. The first kappa shape index (κ1) is 20.8. The van der Waals surface area contributed by atoms with Gasteiger partial charge in [0.25, 0.3) is 0 Å². The monoisotopic (exact) mass is 411 g/mol. The number of guanidine groups is 1. The van der Waals surface area contributed by atoms with Crippen molar-refractivity contribution in [2.45, 2.75) is 39.8 Å². The average molecular weight is 412 g/mol. The number of aliphatic imine (C=N–C) groups is 1. The minimum Gasteiger partial charge on any atom is -0.379 e. The number of ether oxygens (including phenoxy) is 1. The van der Waals surface area contributed by atoms with E-state index in [-0.39, 0.29) is 0 Å². The molecule has 2 aliphatic rings. The molecular formula is C22H33N7O. The zero-order valence-corrected chi connectivity index (χ0v) is 18.3. The Bertz CT molecular complexity index is 855. The Morgan fingerprint density at radius 2 is 2.07 bits per heavy atom. The topological polar surface area (TPSA) is 70.8 Å². The maximum absolute atomic E-state index is 5.50. The van der Waals surface area contributed by atoms with Gasteiger partial charge in [-0.05, 0) is 44.9 Å². The second-order valence-corrected chi connectivity index (χ2v) is 8.07. The van der Waals surface area contributed by atoms with Crippen LogP contribution in [0.4, 0.5) is 0 Å². The Balaban J connectivity index is 1.39. The van der Waals surface area contributed by atoms with Crippen molar-refractivity contribution in [1.82, 2.24) is 29.9 Å². The summed E-state index contributed by atoms with van der Waals surface area (Å²) in [6.07, 6.45) is 3.09. The van der Waals surface area contributed by atoms with Crippen molar-refractivity contribution < 1.29 is 4.74 Å². The maximum atomic E-state index is 5.50. The molecule has 162 valence electrons. The Hall–Kier alpha value is -2.45. The number of morpholine rings is 1. The van der Waals surface area contributed by atoms with E-state index in [0.29, 0.717) is 12.6 Å². The lowest BCUT2D eigenvalue weighted by Gasteiger charge is -2.32. The Labute approximate surface area is 178 Å². The summed E-state index contributed by atoms with van der Waals surface area (Å²) in [4.78, 5) is 14.4. The molecule has 4 heterocycles. The van der Waals surface area contributed by atoms with Crippen LogP contribution in [0.5, 0.6) is 0 Å². The molecule has 2 aromatic rings. The number of aryl methyl sites for hydroxylation is 2. The molecule has 2 aromatic heterocycles. The number of hydrogen-bond acceptors (Lipinski definition) is 5. The van der Waals surface area contributed by atoms with Crippen LogP contribution in [0.15, 0.2) is 29.4 Å². The molecule has 1 unspecified atom stereocenters. The normalized spacial score (nSPS) is 20.7. The maximum Gasteiger partial charge on any atom is 0.194 e. The zero-order valence-electron chi connectivity index (χ0n) is 18.3. The van der Waals surface area contributed by atoms with E-state index in [0.717, 1.165) is 74.7 Å². The summed E-state index contributed by atoms with van der Waals surface area (Å²) >= 11 is 0. The highest BCUT2D eigenvalue weighted by molar-refractivity contribution is 5.80. The quantitative estimate of drug-likeness (QED) is 0.597. The number of pyridine rings is 1. The summed E-state index contributed by atoms with van der Waals surface area (Å²) in [6, 6.07) is 6.76. The molecule has 0 aromatic carbocycles. The van der Waals surface area contributed by atoms with Crippen molar-refractivity contribution in [3.05, 3.63) is 41.3 Å². The van der Waals surface area contributed by atoms with Gasteiger partial charge in [-0.3, -0.25) is 4.90 Å². The fraction of sp³-hybridized carbons (Fsp3) is 0.591. The molecule has 0 bridgehead atoms. The first-order valence-corrected chi connectivity index (χ1v) is 11.0. The molecule has 1 N–H and O–H groups in total. The molecule has 8 nitrogen and oxygen atoms in total. The second kappa shape index (κ2) is 9.57. The summed E-state index contributed by atoms with van der Waals surface area (Å²) in [5.74, 6) is 1.84. The van der Waals surface area contributed by atoms with Crippen LogP contribution in [0.3, 0.4) is 0 Å². The van der Waals surface area contributed by atoms with Gasteiger partial charge in [-0.2, -0.15) is 5.10 Å². The fourth-order valence-corrected chi connectivity index (χ4v) is 4.26. The molecule has 4 rings (SSSR count). The van der Waals surface area contributed by atoms with E-state index in [1.54, 1.807) is 0 Å². The number of aromatic nitrogens is 3. The standard InChI is InChI=1S/C22H33N7O/c1-4-23-22(28-8-7-20(16-28)27-9-11-30-12-10-27)25-15-19-5-6-21(24-14-19)29-18(3)13-17(2)26-29/h5-6,13-14,20H,4,7-12,15-16H2,1-3H3,(H,23,25). The van der Waals surface area contributed by atoms with Gasteiger partial charge in [0, 0.05) is 50.7 Å². The number of nitrogens with zero attached hydrogens (tertiary/aromatic N) is 6. The number of nitrogens with one attached hydrogen (secondary N) is 1. The number of likely N-dealkylation sites (tertiary alicyclic amines) is 1. The summed E-state index contributed by atoms with van der Waals surface area (Å²) in [5, 5.41) is 7.97. The van der Waals surface area contributed by atoms with Crippen LogP contribution in [-0.2, 0) is 11.3 Å².